The molecule has 2 aromatic rings. The highest BCUT2D eigenvalue weighted by atomic mass is 16.5. The van der Waals surface area contributed by atoms with Gasteiger partial charge in [-0.3, -0.25) is 0 Å². The van der Waals surface area contributed by atoms with E-state index in [1.165, 1.54) is 0 Å². The molecule has 2 N–H and O–H groups in total. The second-order valence-electron chi connectivity index (χ2n) is 5.85. The molecule has 1 heterocycles. The van der Waals surface area contributed by atoms with Gasteiger partial charge < -0.3 is 15.4 Å². The van der Waals surface area contributed by atoms with E-state index in [0.29, 0.717) is 19.0 Å². The maximum absolute atomic E-state index is 5.93. The first-order valence-corrected chi connectivity index (χ1v) is 6.83. The molecule has 108 valence electrons. The average Bonchev–Trinajstić information content (AvgIpc) is 2.43. The molecule has 20 heavy (non-hydrogen) atoms. The van der Waals surface area contributed by atoms with Crippen molar-refractivity contribution in [2.75, 3.05) is 20.7 Å². The average molecular weight is 273 g/mol. The molecule has 0 aliphatic heterocycles. The van der Waals surface area contributed by atoms with Gasteiger partial charge in [-0.25, -0.2) is 4.98 Å². The van der Waals surface area contributed by atoms with Gasteiger partial charge in [-0.2, -0.15) is 0 Å². The lowest BCUT2D eigenvalue weighted by Gasteiger charge is -2.32. The molecule has 2 rings (SSSR count). The van der Waals surface area contributed by atoms with E-state index in [9.17, 15) is 0 Å². The predicted molar refractivity (Wildman–Crippen MR) is 82.9 cm³/mol. The number of nitrogens with two attached hydrogens (primary N) is 1. The Hall–Kier alpha value is -1.65. The lowest BCUT2D eigenvalue weighted by molar-refractivity contribution is 0.110. The Kier molecular flexibility index (Phi) is 4.26. The van der Waals surface area contributed by atoms with Gasteiger partial charge in [0.15, 0.2) is 0 Å². The van der Waals surface area contributed by atoms with Gasteiger partial charge in [-0.1, -0.05) is 18.2 Å². The van der Waals surface area contributed by atoms with Crippen molar-refractivity contribution in [1.82, 2.24) is 9.88 Å². The van der Waals surface area contributed by atoms with Gasteiger partial charge >= 0.3 is 0 Å². The fraction of sp³-hybridized carbons (Fsp3) is 0.438. The van der Waals surface area contributed by atoms with E-state index in [2.05, 4.69) is 29.8 Å². The Morgan fingerprint density at radius 3 is 2.60 bits per heavy atom. The Morgan fingerprint density at radius 1 is 1.25 bits per heavy atom. The third kappa shape index (κ3) is 3.08. The largest absolute Gasteiger partial charge is 0.475 e. The van der Waals surface area contributed by atoms with Crippen LogP contribution in [0.1, 0.15) is 19.4 Å². The second-order valence-corrected chi connectivity index (χ2v) is 5.85. The molecule has 0 atom stereocenters. The van der Waals surface area contributed by atoms with Crippen LogP contribution in [0.15, 0.2) is 30.3 Å². The van der Waals surface area contributed by atoms with Gasteiger partial charge in [0.05, 0.1) is 5.52 Å². The summed E-state index contributed by atoms with van der Waals surface area (Å²) in [7, 11) is 4.09. The first-order chi connectivity index (χ1) is 9.44. The summed E-state index contributed by atoms with van der Waals surface area (Å²) in [5, 5.41) is 1.09. The maximum atomic E-state index is 5.93. The molecule has 0 saturated carbocycles. The number of pyridine rings is 1. The zero-order valence-electron chi connectivity index (χ0n) is 12.7. The summed E-state index contributed by atoms with van der Waals surface area (Å²) in [6.45, 7) is 5.26. The smallest absolute Gasteiger partial charge is 0.218 e. The van der Waals surface area contributed by atoms with Gasteiger partial charge in [-0.05, 0) is 40.1 Å². The molecule has 0 aliphatic carbocycles. The zero-order valence-corrected chi connectivity index (χ0v) is 12.7. The number of hydrogen-bond donors (Lipinski definition) is 1. The fourth-order valence-electron chi connectivity index (χ4n) is 1.79. The van der Waals surface area contributed by atoms with Crippen LogP contribution in [0, 0.1) is 0 Å². The Morgan fingerprint density at radius 2 is 1.95 bits per heavy atom. The summed E-state index contributed by atoms with van der Waals surface area (Å²) in [5.41, 5.74) is 7.63. The summed E-state index contributed by atoms with van der Waals surface area (Å²) in [6, 6.07) is 10.1. The van der Waals surface area contributed by atoms with Crippen molar-refractivity contribution >= 4 is 10.9 Å². The highest BCUT2D eigenvalue weighted by Gasteiger charge is 2.22. The summed E-state index contributed by atoms with van der Waals surface area (Å²) in [4.78, 5) is 6.72. The number of hydrogen-bond acceptors (Lipinski definition) is 4. The topological polar surface area (TPSA) is 51.4 Å². The lowest BCUT2D eigenvalue weighted by atomic mass is 10.1. The van der Waals surface area contributed by atoms with E-state index in [0.717, 1.165) is 16.5 Å². The van der Waals surface area contributed by atoms with Gasteiger partial charge in [0.1, 0.15) is 6.61 Å². The van der Waals surface area contributed by atoms with Crippen LogP contribution in [-0.2, 0) is 6.54 Å². The number of likely N-dealkylation sites (N-methyl/N-ethyl adjacent to an activating group) is 1. The van der Waals surface area contributed by atoms with Crippen molar-refractivity contribution in [2.45, 2.75) is 25.9 Å². The number of ether oxygens (including phenoxy) is 1. The molecule has 1 aromatic carbocycles. The number of aromatic nitrogens is 1. The van der Waals surface area contributed by atoms with Crippen molar-refractivity contribution in [3.05, 3.63) is 35.9 Å². The third-order valence-corrected chi connectivity index (χ3v) is 3.76. The van der Waals surface area contributed by atoms with E-state index in [-0.39, 0.29) is 5.54 Å². The van der Waals surface area contributed by atoms with Gasteiger partial charge in [0, 0.05) is 23.0 Å². The molecule has 0 radical (unpaired) electrons. The minimum absolute atomic E-state index is 0.0564. The number of rotatable bonds is 5. The zero-order chi connectivity index (χ0) is 14.8. The standard InChI is InChI=1S/C16H23N3O/c1-16(2,19(3)4)11-20-15-13(10-17)9-12-7-5-6-8-14(12)18-15/h5-9H,10-11,17H2,1-4H3. The number of benzene rings is 1. The maximum Gasteiger partial charge on any atom is 0.218 e. The Balaban J connectivity index is 2.29. The minimum Gasteiger partial charge on any atom is -0.475 e. The molecule has 0 spiro atoms. The van der Waals surface area contributed by atoms with Crippen LogP contribution >= 0.6 is 0 Å². The van der Waals surface area contributed by atoms with Crippen LogP contribution in [0.2, 0.25) is 0 Å². The van der Waals surface area contributed by atoms with Crippen molar-refractivity contribution in [1.29, 1.82) is 0 Å². The van der Waals surface area contributed by atoms with Gasteiger partial charge in [0.2, 0.25) is 5.88 Å². The van der Waals surface area contributed by atoms with Crippen LogP contribution in [0.4, 0.5) is 0 Å². The molecule has 4 nitrogen and oxygen atoms in total. The summed E-state index contributed by atoms with van der Waals surface area (Å²) in [6.07, 6.45) is 0. The molecule has 0 unspecified atom stereocenters. The molecule has 1 aromatic heterocycles. The lowest BCUT2D eigenvalue weighted by Crippen LogP contribution is -2.43. The molecule has 0 saturated heterocycles. The van der Waals surface area contributed by atoms with E-state index < -0.39 is 0 Å². The first-order valence-electron chi connectivity index (χ1n) is 6.83. The van der Waals surface area contributed by atoms with E-state index in [4.69, 9.17) is 10.5 Å². The third-order valence-electron chi connectivity index (χ3n) is 3.76. The highest BCUT2D eigenvalue weighted by molar-refractivity contribution is 5.80. The summed E-state index contributed by atoms with van der Waals surface area (Å²) in [5.74, 6) is 0.640. The summed E-state index contributed by atoms with van der Waals surface area (Å²) >= 11 is 0. The van der Waals surface area contributed by atoms with Crippen molar-refractivity contribution in [2.24, 2.45) is 5.73 Å². The van der Waals surface area contributed by atoms with Crippen LogP contribution in [0.3, 0.4) is 0 Å². The number of nitrogens with zero attached hydrogens (tertiary/aromatic N) is 2. The number of para-hydroxylation sites is 1. The van der Waals surface area contributed by atoms with Crippen molar-refractivity contribution in [3.8, 4) is 5.88 Å². The van der Waals surface area contributed by atoms with E-state index in [1.807, 2.05) is 38.4 Å². The van der Waals surface area contributed by atoms with E-state index in [1.54, 1.807) is 0 Å². The quantitative estimate of drug-likeness (QED) is 0.909. The highest BCUT2D eigenvalue weighted by Crippen LogP contribution is 2.23. The molecule has 0 fully saturated rings. The molecule has 4 heteroatoms. The SMILES string of the molecule is CN(C)C(C)(C)COc1nc2ccccc2cc1CN. The molecular formula is C16H23N3O. The Labute approximate surface area is 120 Å². The molecular weight excluding hydrogens is 250 g/mol. The monoisotopic (exact) mass is 273 g/mol. The van der Waals surface area contributed by atoms with Crippen LogP contribution in [-0.4, -0.2) is 36.1 Å². The predicted octanol–water partition coefficient (Wildman–Crippen LogP) is 2.41. The second kappa shape index (κ2) is 5.77. The number of fused-ring (bicyclic) bond motifs is 1. The van der Waals surface area contributed by atoms with Crippen LogP contribution in [0.5, 0.6) is 5.88 Å². The van der Waals surface area contributed by atoms with Gasteiger partial charge in [-0.15, -0.1) is 0 Å². The normalized spacial score (nSPS) is 12.1. The minimum atomic E-state index is -0.0564. The Bertz CT molecular complexity index is 593. The first kappa shape index (κ1) is 14.8. The van der Waals surface area contributed by atoms with Crippen LogP contribution in [0.25, 0.3) is 10.9 Å². The molecule has 0 aliphatic rings. The molecule has 0 amide bonds. The van der Waals surface area contributed by atoms with E-state index >= 15 is 0 Å². The van der Waals surface area contributed by atoms with Gasteiger partial charge in [0.25, 0.3) is 0 Å². The summed E-state index contributed by atoms with van der Waals surface area (Å²) < 4.78 is 5.93. The fourth-order valence-corrected chi connectivity index (χ4v) is 1.79. The molecule has 0 bridgehead atoms. The van der Waals surface area contributed by atoms with Crippen LogP contribution < -0.4 is 10.5 Å². The van der Waals surface area contributed by atoms with Crippen molar-refractivity contribution in [3.63, 3.8) is 0 Å². The van der Waals surface area contributed by atoms with Crippen molar-refractivity contribution < 1.29 is 4.74 Å².